The van der Waals surface area contributed by atoms with Gasteiger partial charge in [-0.1, -0.05) is 6.07 Å². The Morgan fingerprint density at radius 3 is 3.04 bits per heavy atom. The number of benzene rings is 1. The largest absolute Gasteiger partial charge is 0.484 e. The highest BCUT2D eigenvalue weighted by molar-refractivity contribution is 5.80. The lowest BCUT2D eigenvalue weighted by atomic mass is 10.1. The van der Waals surface area contributed by atoms with Crippen molar-refractivity contribution in [3.05, 3.63) is 70.8 Å². The Morgan fingerprint density at radius 2 is 2.19 bits per heavy atom. The maximum atomic E-state index is 12.8. The predicted octanol–water partition coefficient (Wildman–Crippen LogP) is 1.74. The number of fused-ring (bicyclic) bond motifs is 1. The molecule has 0 saturated carbocycles. The zero-order chi connectivity index (χ0) is 18.6. The van der Waals surface area contributed by atoms with Gasteiger partial charge in [-0.15, -0.1) is 0 Å². The molecule has 4 rings (SSSR count). The number of ether oxygens (including phenoxy) is 1. The van der Waals surface area contributed by atoms with Gasteiger partial charge in [-0.3, -0.25) is 9.78 Å². The molecule has 0 radical (unpaired) electrons. The number of hydrogen-bond donors (Lipinski definition) is 1. The van der Waals surface area contributed by atoms with E-state index in [1.807, 2.05) is 17.0 Å². The zero-order valence-electron chi connectivity index (χ0n) is 14.6. The number of rotatable bonds is 4. The van der Waals surface area contributed by atoms with Crippen molar-refractivity contribution < 1.29 is 13.9 Å². The molecule has 3 heterocycles. The molecule has 3 aromatic rings. The summed E-state index contributed by atoms with van der Waals surface area (Å²) in [6.07, 6.45) is 3.50. The third kappa shape index (κ3) is 3.83. The standard InChI is InChI=1S/C20H19N3O4/c24-19(23-9-8-22-12-17(23)15-2-1-7-21-11-15)13-26-16-5-3-14-4-6-20(25)27-18(14)10-16/h1-7,10-11,17,22H,8-9,12-13H2. The maximum Gasteiger partial charge on any atom is 0.336 e. The van der Waals surface area contributed by atoms with Crippen LogP contribution in [-0.4, -0.2) is 42.0 Å². The Morgan fingerprint density at radius 1 is 1.30 bits per heavy atom. The first-order chi connectivity index (χ1) is 13.2. The molecule has 0 aliphatic carbocycles. The SMILES string of the molecule is O=C(COc1ccc2ccc(=O)oc2c1)N1CCNCC1c1cccnc1. The minimum atomic E-state index is -0.421. The summed E-state index contributed by atoms with van der Waals surface area (Å²) < 4.78 is 10.8. The van der Waals surface area contributed by atoms with Crippen LogP contribution in [0.5, 0.6) is 5.75 Å². The molecule has 1 aromatic carbocycles. The van der Waals surface area contributed by atoms with Crippen molar-refractivity contribution in [2.45, 2.75) is 6.04 Å². The first-order valence-electron chi connectivity index (χ1n) is 8.77. The van der Waals surface area contributed by atoms with E-state index < -0.39 is 5.63 Å². The fourth-order valence-corrected chi connectivity index (χ4v) is 3.23. The van der Waals surface area contributed by atoms with Gasteiger partial charge >= 0.3 is 5.63 Å². The van der Waals surface area contributed by atoms with Gasteiger partial charge < -0.3 is 19.4 Å². The summed E-state index contributed by atoms with van der Waals surface area (Å²) in [7, 11) is 0. The maximum absolute atomic E-state index is 12.8. The summed E-state index contributed by atoms with van der Waals surface area (Å²) in [6.45, 7) is 1.94. The van der Waals surface area contributed by atoms with Crippen molar-refractivity contribution >= 4 is 16.9 Å². The van der Waals surface area contributed by atoms with E-state index in [2.05, 4.69) is 10.3 Å². The topological polar surface area (TPSA) is 84.7 Å². The molecule has 2 aromatic heterocycles. The third-order valence-electron chi connectivity index (χ3n) is 4.59. The average molecular weight is 365 g/mol. The summed E-state index contributed by atoms with van der Waals surface area (Å²) in [5.41, 5.74) is 1.00. The van der Waals surface area contributed by atoms with Gasteiger partial charge in [0.1, 0.15) is 11.3 Å². The Hall–Kier alpha value is -3.19. The minimum absolute atomic E-state index is 0.0711. The lowest BCUT2D eigenvalue weighted by Gasteiger charge is -2.36. The molecule has 0 spiro atoms. The second-order valence-electron chi connectivity index (χ2n) is 6.34. The van der Waals surface area contributed by atoms with Crippen LogP contribution >= 0.6 is 0 Å². The van der Waals surface area contributed by atoms with Gasteiger partial charge in [0, 0.05) is 49.5 Å². The summed E-state index contributed by atoms with van der Waals surface area (Å²) in [4.78, 5) is 30.1. The Balaban J connectivity index is 1.47. The number of aromatic nitrogens is 1. The lowest BCUT2D eigenvalue weighted by Crippen LogP contribution is -2.50. The number of nitrogens with zero attached hydrogens (tertiary/aromatic N) is 2. The molecule has 1 fully saturated rings. The summed E-state index contributed by atoms with van der Waals surface area (Å²) >= 11 is 0. The number of carbonyl (C=O) groups is 1. The van der Waals surface area contributed by atoms with Crippen LogP contribution in [0.4, 0.5) is 0 Å². The molecule has 1 aliphatic rings. The summed E-state index contributed by atoms with van der Waals surface area (Å²) in [5.74, 6) is 0.387. The predicted molar refractivity (Wildman–Crippen MR) is 99.5 cm³/mol. The Labute approximate surface area is 155 Å². The van der Waals surface area contributed by atoms with Crippen LogP contribution in [0.25, 0.3) is 11.0 Å². The molecule has 1 saturated heterocycles. The van der Waals surface area contributed by atoms with Crippen molar-refractivity contribution in [1.29, 1.82) is 0 Å². The summed E-state index contributed by atoms with van der Waals surface area (Å²) in [5, 5.41) is 4.11. The fourth-order valence-electron chi connectivity index (χ4n) is 3.23. The lowest BCUT2D eigenvalue weighted by molar-refractivity contribution is -0.136. The fraction of sp³-hybridized carbons (Fsp3) is 0.250. The first-order valence-corrected chi connectivity index (χ1v) is 8.77. The molecule has 1 unspecified atom stereocenters. The van der Waals surface area contributed by atoms with E-state index >= 15 is 0 Å². The van der Waals surface area contributed by atoms with Crippen molar-refractivity contribution in [3.63, 3.8) is 0 Å². The number of carbonyl (C=O) groups excluding carboxylic acids is 1. The monoisotopic (exact) mass is 365 g/mol. The van der Waals surface area contributed by atoms with Crippen LogP contribution in [0.15, 0.2) is 64.1 Å². The highest BCUT2D eigenvalue weighted by atomic mass is 16.5. The highest BCUT2D eigenvalue weighted by Gasteiger charge is 2.28. The molecule has 7 nitrogen and oxygen atoms in total. The molecule has 1 atom stereocenters. The van der Waals surface area contributed by atoms with Gasteiger partial charge in [-0.25, -0.2) is 4.79 Å². The van der Waals surface area contributed by atoms with Crippen molar-refractivity contribution in [2.75, 3.05) is 26.2 Å². The molecule has 0 bridgehead atoms. The second-order valence-corrected chi connectivity index (χ2v) is 6.34. The number of amides is 1. The van der Waals surface area contributed by atoms with Crippen molar-refractivity contribution in [2.24, 2.45) is 0 Å². The molecular formula is C20H19N3O4. The van der Waals surface area contributed by atoms with Crippen LogP contribution in [0.3, 0.4) is 0 Å². The Bertz CT molecular complexity index is 1000. The van der Waals surface area contributed by atoms with Gasteiger partial charge in [0.05, 0.1) is 6.04 Å². The Kier molecular flexibility index (Phi) is 4.84. The molecule has 138 valence electrons. The first kappa shape index (κ1) is 17.2. The quantitative estimate of drug-likeness (QED) is 0.709. The van der Waals surface area contributed by atoms with E-state index in [0.717, 1.165) is 17.5 Å². The summed E-state index contributed by atoms with van der Waals surface area (Å²) in [6, 6.07) is 12.0. The molecule has 27 heavy (non-hydrogen) atoms. The number of pyridine rings is 1. The van der Waals surface area contributed by atoms with Crippen LogP contribution in [-0.2, 0) is 4.79 Å². The average Bonchev–Trinajstić information content (AvgIpc) is 2.72. The van der Waals surface area contributed by atoms with Gasteiger partial charge in [0.25, 0.3) is 5.91 Å². The van der Waals surface area contributed by atoms with Crippen molar-refractivity contribution in [1.82, 2.24) is 15.2 Å². The normalized spacial score (nSPS) is 17.0. The smallest absolute Gasteiger partial charge is 0.336 e. The molecule has 1 amide bonds. The molecule has 1 N–H and O–H groups in total. The number of hydrogen-bond acceptors (Lipinski definition) is 6. The van der Waals surface area contributed by atoms with E-state index in [-0.39, 0.29) is 18.6 Å². The van der Waals surface area contributed by atoms with Crippen LogP contribution in [0.2, 0.25) is 0 Å². The van der Waals surface area contributed by atoms with E-state index in [1.54, 1.807) is 36.7 Å². The number of piperazine rings is 1. The van der Waals surface area contributed by atoms with E-state index in [9.17, 15) is 9.59 Å². The van der Waals surface area contributed by atoms with E-state index in [0.29, 0.717) is 24.4 Å². The molecule has 7 heteroatoms. The molecule has 1 aliphatic heterocycles. The van der Waals surface area contributed by atoms with Crippen molar-refractivity contribution in [3.8, 4) is 5.75 Å². The zero-order valence-corrected chi connectivity index (χ0v) is 14.6. The van der Waals surface area contributed by atoms with Gasteiger partial charge in [-0.05, 0) is 29.8 Å². The second kappa shape index (κ2) is 7.59. The van der Waals surface area contributed by atoms with E-state index in [1.165, 1.54) is 6.07 Å². The van der Waals surface area contributed by atoms with Gasteiger partial charge in [0.2, 0.25) is 0 Å². The highest BCUT2D eigenvalue weighted by Crippen LogP contribution is 2.23. The number of nitrogens with one attached hydrogen (secondary N) is 1. The van der Waals surface area contributed by atoms with Crippen LogP contribution in [0, 0.1) is 0 Å². The molecular weight excluding hydrogens is 346 g/mol. The minimum Gasteiger partial charge on any atom is -0.484 e. The van der Waals surface area contributed by atoms with Crippen LogP contribution in [0.1, 0.15) is 11.6 Å². The van der Waals surface area contributed by atoms with E-state index in [4.69, 9.17) is 9.15 Å². The van der Waals surface area contributed by atoms with Crippen LogP contribution < -0.4 is 15.7 Å². The van der Waals surface area contributed by atoms with Gasteiger partial charge in [-0.2, -0.15) is 0 Å². The van der Waals surface area contributed by atoms with Gasteiger partial charge in [0.15, 0.2) is 6.61 Å². The third-order valence-corrected chi connectivity index (χ3v) is 4.59.